The number of esters is 1. The lowest BCUT2D eigenvalue weighted by Crippen LogP contribution is -2.14. The van der Waals surface area contributed by atoms with Crippen molar-refractivity contribution in [3.8, 4) is 0 Å². The molecule has 108 valence electrons. The lowest BCUT2D eigenvalue weighted by Gasteiger charge is -2.14. The summed E-state index contributed by atoms with van der Waals surface area (Å²) in [4.78, 5) is 22.3. The van der Waals surface area contributed by atoms with Gasteiger partial charge < -0.3 is 9.84 Å². The molecule has 0 spiro atoms. The standard InChI is InChI=1S/C15H24O4/c1-5-7-8-13(6-2)10-19-15(18)12(4)9-11(3)14(16)17/h9,13H,4-8,10H2,1-3H3,(H,16,17). The summed E-state index contributed by atoms with van der Waals surface area (Å²) in [6.45, 7) is 9.50. The predicted molar refractivity (Wildman–Crippen MR) is 74.8 cm³/mol. The van der Waals surface area contributed by atoms with Gasteiger partial charge in [0.1, 0.15) is 0 Å². The van der Waals surface area contributed by atoms with Gasteiger partial charge in [0, 0.05) is 5.57 Å². The van der Waals surface area contributed by atoms with E-state index in [1.54, 1.807) is 0 Å². The summed E-state index contributed by atoms with van der Waals surface area (Å²) in [5, 5.41) is 8.70. The molecule has 4 heteroatoms. The van der Waals surface area contributed by atoms with Crippen LogP contribution < -0.4 is 0 Å². The van der Waals surface area contributed by atoms with Crippen LogP contribution in [0.3, 0.4) is 0 Å². The summed E-state index contributed by atoms with van der Waals surface area (Å²) in [7, 11) is 0. The predicted octanol–water partition coefficient (Wildman–Crippen LogP) is 3.33. The molecule has 0 bridgehead atoms. The van der Waals surface area contributed by atoms with Crippen LogP contribution >= 0.6 is 0 Å². The average Bonchev–Trinajstić information content (AvgIpc) is 2.38. The van der Waals surface area contributed by atoms with E-state index in [4.69, 9.17) is 9.84 Å². The van der Waals surface area contributed by atoms with Gasteiger partial charge >= 0.3 is 11.9 Å². The Kier molecular flexibility index (Phi) is 8.58. The van der Waals surface area contributed by atoms with E-state index >= 15 is 0 Å². The molecular formula is C15H24O4. The lowest BCUT2D eigenvalue weighted by atomic mass is 10.0. The second-order valence-corrected chi connectivity index (χ2v) is 4.67. The van der Waals surface area contributed by atoms with Gasteiger partial charge in [-0.3, -0.25) is 0 Å². The highest BCUT2D eigenvalue weighted by Gasteiger charge is 2.12. The Morgan fingerprint density at radius 1 is 1.37 bits per heavy atom. The van der Waals surface area contributed by atoms with Crippen LogP contribution in [0.25, 0.3) is 0 Å². The van der Waals surface area contributed by atoms with Crippen LogP contribution in [0.2, 0.25) is 0 Å². The summed E-state index contributed by atoms with van der Waals surface area (Å²) >= 11 is 0. The van der Waals surface area contributed by atoms with E-state index in [1.807, 2.05) is 0 Å². The maximum Gasteiger partial charge on any atom is 0.337 e. The van der Waals surface area contributed by atoms with E-state index < -0.39 is 11.9 Å². The Bertz CT molecular complexity index is 355. The van der Waals surface area contributed by atoms with Gasteiger partial charge in [-0.15, -0.1) is 0 Å². The third-order valence-corrected chi connectivity index (χ3v) is 2.98. The van der Waals surface area contributed by atoms with Crippen LogP contribution in [-0.2, 0) is 14.3 Å². The number of aliphatic carboxylic acids is 1. The first-order chi connectivity index (χ1) is 8.92. The quantitative estimate of drug-likeness (QED) is 0.396. The van der Waals surface area contributed by atoms with Crippen molar-refractivity contribution >= 4 is 11.9 Å². The number of carbonyl (C=O) groups is 2. The molecule has 0 saturated heterocycles. The fraction of sp³-hybridized carbons (Fsp3) is 0.600. The monoisotopic (exact) mass is 268 g/mol. The van der Waals surface area contributed by atoms with Crippen LogP contribution in [0, 0.1) is 5.92 Å². The van der Waals surface area contributed by atoms with Gasteiger partial charge in [-0.1, -0.05) is 39.7 Å². The molecule has 0 saturated carbocycles. The Morgan fingerprint density at radius 2 is 2.00 bits per heavy atom. The van der Waals surface area contributed by atoms with Crippen molar-refractivity contribution in [2.45, 2.75) is 46.5 Å². The number of unbranched alkanes of at least 4 members (excludes halogenated alkanes) is 1. The van der Waals surface area contributed by atoms with Gasteiger partial charge in [0.25, 0.3) is 0 Å². The first-order valence-electron chi connectivity index (χ1n) is 6.69. The Hall–Kier alpha value is -1.58. The van der Waals surface area contributed by atoms with Gasteiger partial charge in [0.05, 0.1) is 12.2 Å². The maximum absolute atomic E-state index is 11.6. The molecule has 4 nitrogen and oxygen atoms in total. The lowest BCUT2D eigenvalue weighted by molar-refractivity contribution is -0.140. The van der Waals surface area contributed by atoms with Gasteiger partial charge in [-0.25, -0.2) is 9.59 Å². The normalized spacial score (nSPS) is 12.9. The first kappa shape index (κ1) is 17.4. The molecule has 0 amide bonds. The summed E-state index contributed by atoms with van der Waals surface area (Å²) in [5.74, 6) is -1.25. The zero-order chi connectivity index (χ0) is 14.8. The third kappa shape index (κ3) is 7.44. The number of hydrogen-bond donors (Lipinski definition) is 1. The third-order valence-electron chi connectivity index (χ3n) is 2.98. The molecule has 19 heavy (non-hydrogen) atoms. The molecule has 0 fully saturated rings. The molecule has 0 radical (unpaired) electrons. The van der Waals surface area contributed by atoms with Crippen LogP contribution in [0.5, 0.6) is 0 Å². The molecular weight excluding hydrogens is 244 g/mol. The molecule has 0 rings (SSSR count). The Balaban J connectivity index is 4.26. The fourth-order valence-electron chi connectivity index (χ4n) is 1.57. The zero-order valence-corrected chi connectivity index (χ0v) is 12.1. The van der Waals surface area contributed by atoms with Gasteiger partial charge in [-0.05, 0) is 25.3 Å². The minimum atomic E-state index is -1.07. The second-order valence-electron chi connectivity index (χ2n) is 4.67. The molecule has 1 atom stereocenters. The van der Waals surface area contributed by atoms with Crippen LogP contribution in [0.4, 0.5) is 0 Å². The van der Waals surface area contributed by atoms with E-state index in [1.165, 1.54) is 13.0 Å². The first-order valence-corrected chi connectivity index (χ1v) is 6.69. The van der Waals surface area contributed by atoms with Gasteiger partial charge in [0.2, 0.25) is 0 Å². The molecule has 0 aliphatic heterocycles. The number of hydrogen-bond acceptors (Lipinski definition) is 3. The van der Waals surface area contributed by atoms with Crippen molar-refractivity contribution in [3.05, 3.63) is 23.8 Å². The highest BCUT2D eigenvalue weighted by atomic mass is 16.5. The van der Waals surface area contributed by atoms with Crippen molar-refractivity contribution < 1.29 is 19.4 Å². The van der Waals surface area contributed by atoms with Crippen LogP contribution in [0.1, 0.15) is 46.5 Å². The highest BCUT2D eigenvalue weighted by molar-refractivity contribution is 5.94. The van der Waals surface area contributed by atoms with Crippen molar-refractivity contribution in [3.63, 3.8) is 0 Å². The molecule has 0 aliphatic carbocycles. The summed E-state index contributed by atoms with van der Waals surface area (Å²) in [6.07, 6.45) is 5.48. The maximum atomic E-state index is 11.6. The smallest absolute Gasteiger partial charge is 0.337 e. The van der Waals surface area contributed by atoms with Gasteiger partial charge in [0.15, 0.2) is 0 Å². The molecule has 0 aromatic heterocycles. The minimum Gasteiger partial charge on any atom is -0.478 e. The van der Waals surface area contributed by atoms with E-state index in [2.05, 4.69) is 20.4 Å². The van der Waals surface area contributed by atoms with Gasteiger partial charge in [-0.2, -0.15) is 0 Å². The molecule has 0 aromatic carbocycles. The van der Waals surface area contributed by atoms with E-state index in [0.717, 1.165) is 25.7 Å². The molecule has 1 N–H and O–H groups in total. The molecule has 0 heterocycles. The number of carbonyl (C=O) groups excluding carboxylic acids is 1. The molecule has 0 aliphatic rings. The van der Waals surface area contributed by atoms with Crippen molar-refractivity contribution in [1.82, 2.24) is 0 Å². The Labute approximate surface area is 115 Å². The topological polar surface area (TPSA) is 63.6 Å². The van der Waals surface area contributed by atoms with E-state index in [-0.39, 0.29) is 11.1 Å². The fourth-order valence-corrected chi connectivity index (χ4v) is 1.57. The largest absolute Gasteiger partial charge is 0.478 e. The SMILES string of the molecule is C=C(C=C(C)C(=O)O)C(=O)OCC(CC)CCCC. The molecule has 0 aromatic rings. The minimum absolute atomic E-state index is 0.0694. The molecule has 1 unspecified atom stereocenters. The summed E-state index contributed by atoms with van der Waals surface area (Å²) in [6, 6.07) is 0. The number of rotatable bonds is 9. The number of carboxylic acid groups (broad SMARTS) is 1. The van der Waals surface area contributed by atoms with E-state index in [9.17, 15) is 9.59 Å². The van der Waals surface area contributed by atoms with Crippen molar-refractivity contribution in [2.75, 3.05) is 6.61 Å². The second kappa shape index (κ2) is 9.36. The highest BCUT2D eigenvalue weighted by Crippen LogP contribution is 2.14. The van der Waals surface area contributed by atoms with E-state index in [0.29, 0.717) is 12.5 Å². The summed E-state index contributed by atoms with van der Waals surface area (Å²) in [5.41, 5.74) is 0.144. The van der Waals surface area contributed by atoms with Crippen molar-refractivity contribution in [2.24, 2.45) is 5.92 Å². The van der Waals surface area contributed by atoms with Crippen molar-refractivity contribution in [1.29, 1.82) is 0 Å². The zero-order valence-electron chi connectivity index (χ0n) is 12.1. The Morgan fingerprint density at radius 3 is 2.47 bits per heavy atom. The summed E-state index contributed by atoms with van der Waals surface area (Å²) < 4.78 is 5.16. The average molecular weight is 268 g/mol. The number of carboxylic acids is 1. The number of ether oxygens (including phenoxy) is 1. The van der Waals surface area contributed by atoms with Crippen LogP contribution in [0.15, 0.2) is 23.8 Å². The van der Waals surface area contributed by atoms with Crippen LogP contribution in [-0.4, -0.2) is 23.7 Å².